The summed E-state index contributed by atoms with van der Waals surface area (Å²) in [6.45, 7) is 2.04. The molecule has 2 rings (SSSR count). The lowest BCUT2D eigenvalue weighted by Crippen LogP contribution is -2.13. The van der Waals surface area contributed by atoms with E-state index >= 15 is 0 Å². The van der Waals surface area contributed by atoms with Crippen LogP contribution in [-0.4, -0.2) is 7.11 Å². The SMILES string of the molecule is COc1ccc(CC(N)c2cscc2C)cc1F. The van der Waals surface area contributed by atoms with Crippen LogP contribution in [0.2, 0.25) is 0 Å². The van der Waals surface area contributed by atoms with Crippen molar-refractivity contribution in [1.29, 1.82) is 0 Å². The molecule has 0 aliphatic carbocycles. The van der Waals surface area contributed by atoms with E-state index in [-0.39, 0.29) is 17.6 Å². The maximum atomic E-state index is 13.6. The Morgan fingerprint density at radius 2 is 2.17 bits per heavy atom. The van der Waals surface area contributed by atoms with Crippen molar-refractivity contribution >= 4 is 11.3 Å². The van der Waals surface area contributed by atoms with Crippen LogP contribution >= 0.6 is 11.3 Å². The second kappa shape index (κ2) is 5.50. The minimum absolute atomic E-state index is 0.0935. The highest BCUT2D eigenvalue weighted by Gasteiger charge is 2.12. The van der Waals surface area contributed by atoms with Gasteiger partial charge < -0.3 is 10.5 Å². The van der Waals surface area contributed by atoms with Gasteiger partial charge in [0.05, 0.1) is 7.11 Å². The first kappa shape index (κ1) is 13.1. The number of hydrogen-bond donors (Lipinski definition) is 1. The molecule has 0 bridgehead atoms. The predicted molar refractivity (Wildman–Crippen MR) is 72.6 cm³/mol. The lowest BCUT2D eigenvalue weighted by molar-refractivity contribution is 0.386. The standard InChI is InChI=1S/C14H16FNOS/c1-9-7-18-8-11(9)13(16)6-10-3-4-14(17-2)12(15)5-10/h3-5,7-8,13H,6,16H2,1-2H3. The number of thiophene rings is 1. The summed E-state index contributed by atoms with van der Waals surface area (Å²) in [5, 5.41) is 4.13. The number of benzene rings is 1. The van der Waals surface area contributed by atoms with Gasteiger partial charge in [0.15, 0.2) is 11.6 Å². The highest BCUT2D eigenvalue weighted by atomic mass is 32.1. The normalized spacial score (nSPS) is 12.4. The van der Waals surface area contributed by atoms with Gasteiger partial charge in [-0.25, -0.2) is 4.39 Å². The average Bonchev–Trinajstić information content (AvgIpc) is 2.76. The molecule has 0 amide bonds. The lowest BCUT2D eigenvalue weighted by atomic mass is 9.99. The second-order valence-corrected chi connectivity index (χ2v) is 5.03. The topological polar surface area (TPSA) is 35.2 Å². The summed E-state index contributed by atoms with van der Waals surface area (Å²) in [4.78, 5) is 0. The van der Waals surface area contributed by atoms with Crippen LogP contribution in [0.5, 0.6) is 5.75 Å². The zero-order chi connectivity index (χ0) is 13.1. The molecule has 1 aromatic heterocycles. The molecule has 1 atom stereocenters. The number of aryl methyl sites for hydroxylation is 1. The molecule has 1 unspecified atom stereocenters. The van der Waals surface area contributed by atoms with Crippen LogP contribution in [0.4, 0.5) is 4.39 Å². The Balaban J connectivity index is 2.15. The van der Waals surface area contributed by atoms with E-state index in [1.807, 2.05) is 13.0 Å². The predicted octanol–water partition coefficient (Wildman–Crippen LogP) is 3.45. The van der Waals surface area contributed by atoms with Crippen LogP contribution in [0.15, 0.2) is 29.0 Å². The molecule has 0 saturated carbocycles. The molecule has 1 aromatic carbocycles. The van der Waals surface area contributed by atoms with Crippen LogP contribution in [-0.2, 0) is 6.42 Å². The molecule has 1 heterocycles. The van der Waals surface area contributed by atoms with Crippen molar-refractivity contribution in [3.63, 3.8) is 0 Å². The van der Waals surface area contributed by atoms with Gasteiger partial charge in [-0.1, -0.05) is 6.07 Å². The lowest BCUT2D eigenvalue weighted by Gasteiger charge is -2.12. The Morgan fingerprint density at radius 1 is 1.39 bits per heavy atom. The molecule has 96 valence electrons. The van der Waals surface area contributed by atoms with Gasteiger partial charge in [-0.15, -0.1) is 0 Å². The van der Waals surface area contributed by atoms with Crippen molar-refractivity contribution in [2.45, 2.75) is 19.4 Å². The first-order valence-corrected chi connectivity index (χ1v) is 6.66. The fourth-order valence-electron chi connectivity index (χ4n) is 1.95. The molecular formula is C14H16FNOS. The minimum Gasteiger partial charge on any atom is -0.494 e. The number of ether oxygens (including phenoxy) is 1. The van der Waals surface area contributed by atoms with Crippen LogP contribution in [0.25, 0.3) is 0 Å². The third-order valence-corrected chi connectivity index (χ3v) is 3.85. The summed E-state index contributed by atoms with van der Waals surface area (Å²) in [7, 11) is 1.46. The molecule has 0 aliphatic rings. The minimum atomic E-state index is -0.343. The molecule has 0 saturated heterocycles. The fraction of sp³-hybridized carbons (Fsp3) is 0.286. The first-order valence-electron chi connectivity index (χ1n) is 5.72. The summed E-state index contributed by atoms with van der Waals surface area (Å²) in [5.74, 6) is -0.0803. The van der Waals surface area contributed by atoms with E-state index < -0.39 is 0 Å². The molecule has 2 N–H and O–H groups in total. The fourth-order valence-corrected chi connectivity index (χ4v) is 2.87. The van der Waals surface area contributed by atoms with Crippen molar-refractivity contribution in [3.8, 4) is 5.75 Å². The largest absolute Gasteiger partial charge is 0.494 e. The Bertz CT molecular complexity index is 538. The molecule has 0 radical (unpaired) electrons. The van der Waals surface area contributed by atoms with Gasteiger partial charge >= 0.3 is 0 Å². The maximum absolute atomic E-state index is 13.6. The summed E-state index contributed by atoms with van der Waals surface area (Å²) >= 11 is 1.64. The molecule has 0 fully saturated rings. The molecule has 18 heavy (non-hydrogen) atoms. The monoisotopic (exact) mass is 265 g/mol. The van der Waals surface area contributed by atoms with Crippen LogP contribution < -0.4 is 10.5 Å². The van der Waals surface area contributed by atoms with Crippen molar-refractivity contribution in [1.82, 2.24) is 0 Å². The van der Waals surface area contributed by atoms with Crippen LogP contribution in [0.1, 0.15) is 22.7 Å². The van der Waals surface area contributed by atoms with E-state index in [9.17, 15) is 4.39 Å². The van der Waals surface area contributed by atoms with E-state index in [1.54, 1.807) is 17.4 Å². The maximum Gasteiger partial charge on any atom is 0.165 e. The van der Waals surface area contributed by atoms with Gasteiger partial charge in [0.25, 0.3) is 0 Å². The quantitative estimate of drug-likeness (QED) is 0.919. The first-order chi connectivity index (χ1) is 8.61. The molecule has 2 nitrogen and oxygen atoms in total. The van der Waals surface area contributed by atoms with Crippen molar-refractivity contribution in [2.24, 2.45) is 5.73 Å². The summed E-state index contributed by atoms with van der Waals surface area (Å²) in [6.07, 6.45) is 0.623. The number of nitrogens with two attached hydrogens (primary N) is 1. The third-order valence-electron chi connectivity index (χ3n) is 2.97. The average molecular weight is 265 g/mol. The van der Waals surface area contributed by atoms with Crippen molar-refractivity contribution < 1.29 is 9.13 Å². The van der Waals surface area contributed by atoms with Crippen molar-refractivity contribution in [3.05, 3.63) is 51.5 Å². The Morgan fingerprint density at radius 3 is 2.72 bits per heavy atom. The number of rotatable bonds is 4. The molecule has 4 heteroatoms. The van der Waals surface area contributed by atoms with Crippen LogP contribution in [0, 0.1) is 12.7 Å². The second-order valence-electron chi connectivity index (χ2n) is 4.29. The summed E-state index contributed by atoms with van der Waals surface area (Å²) < 4.78 is 18.5. The molecule has 0 aliphatic heterocycles. The van der Waals surface area contributed by atoms with Crippen LogP contribution in [0.3, 0.4) is 0 Å². The van der Waals surface area contributed by atoms with E-state index in [0.29, 0.717) is 6.42 Å². The van der Waals surface area contributed by atoms with Gasteiger partial charge in [0.1, 0.15) is 0 Å². The van der Waals surface area contributed by atoms with E-state index in [0.717, 1.165) is 11.1 Å². The van der Waals surface area contributed by atoms with Gasteiger partial charge in [-0.2, -0.15) is 11.3 Å². The van der Waals surface area contributed by atoms with Gasteiger partial charge in [0, 0.05) is 6.04 Å². The van der Waals surface area contributed by atoms with Gasteiger partial charge in [0.2, 0.25) is 0 Å². The Kier molecular flexibility index (Phi) is 3.99. The highest BCUT2D eigenvalue weighted by molar-refractivity contribution is 7.08. The van der Waals surface area contributed by atoms with Crippen molar-refractivity contribution in [2.75, 3.05) is 7.11 Å². The van der Waals surface area contributed by atoms with E-state index in [4.69, 9.17) is 10.5 Å². The molecule has 0 spiro atoms. The number of methoxy groups -OCH3 is 1. The van der Waals surface area contributed by atoms with Gasteiger partial charge in [-0.3, -0.25) is 0 Å². The summed E-state index contributed by atoms with van der Waals surface area (Å²) in [6, 6.07) is 4.88. The Labute approximate surface area is 110 Å². The zero-order valence-electron chi connectivity index (χ0n) is 10.4. The number of halogens is 1. The number of hydrogen-bond acceptors (Lipinski definition) is 3. The molecule has 2 aromatic rings. The smallest absolute Gasteiger partial charge is 0.165 e. The Hall–Kier alpha value is -1.39. The van der Waals surface area contributed by atoms with E-state index in [1.165, 1.54) is 18.7 Å². The molecular weight excluding hydrogens is 249 g/mol. The van der Waals surface area contributed by atoms with Gasteiger partial charge in [-0.05, 0) is 52.9 Å². The third kappa shape index (κ3) is 2.71. The van der Waals surface area contributed by atoms with E-state index in [2.05, 4.69) is 10.8 Å². The summed E-state index contributed by atoms with van der Waals surface area (Å²) in [5.41, 5.74) is 9.36. The highest BCUT2D eigenvalue weighted by Crippen LogP contribution is 2.25. The zero-order valence-corrected chi connectivity index (χ0v) is 11.3.